The molecule has 0 radical (unpaired) electrons. The molecule has 0 aliphatic rings. The summed E-state index contributed by atoms with van der Waals surface area (Å²) in [5.41, 5.74) is -2.75. The Balaban J connectivity index is 0.00000225. The van der Waals surface area contributed by atoms with Crippen LogP contribution in [0.2, 0.25) is 5.02 Å². The molecular formula is C7H3BClF6K. The molecule has 84 valence electrons. The molecule has 1 aromatic carbocycles. The molecule has 0 bridgehead atoms. The van der Waals surface area contributed by atoms with E-state index in [1.165, 1.54) is 0 Å². The molecule has 0 saturated heterocycles. The second kappa shape index (κ2) is 5.62. The van der Waals surface area contributed by atoms with Crippen LogP contribution < -0.4 is 56.8 Å². The van der Waals surface area contributed by atoms with E-state index in [0.29, 0.717) is 12.1 Å². The molecule has 0 aromatic heterocycles. The summed E-state index contributed by atoms with van der Waals surface area (Å²) >= 11 is 5.17. The van der Waals surface area contributed by atoms with Crippen molar-refractivity contribution in [1.82, 2.24) is 0 Å². The zero-order valence-corrected chi connectivity index (χ0v) is 11.8. The zero-order chi connectivity index (χ0) is 11.9. The van der Waals surface area contributed by atoms with Gasteiger partial charge in [-0.25, -0.2) is 0 Å². The van der Waals surface area contributed by atoms with Crippen molar-refractivity contribution < 1.29 is 77.5 Å². The van der Waals surface area contributed by atoms with Crippen LogP contribution in [0.5, 0.6) is 0 Å². The second-order valence-electron chi connectivity index (χ2n) is 2.85. The number of hydrogen-bond donors (Lipinski definition) is 0. The summed E-state index contributed by atoms with van der Waals surface area (Å²) in [4.78, 5) is 0. The van der Waals surface area contributed by atoms with Crippen molar-refractivity contribution in [1.29, 1.82) is 0 Å². The molecule has 0 fully saturated rings. The van der Waals surface area contributed by atoms with E-state index in [4.69, 9.17) is 11.6 Å². The van der Waals surface area contributed by atoms with Crippen LogP contribution in [0.1, 0.15) is 5.56 Å². The molecule has 0 heterocycles. The van der Waals surface area contributed by atoms with Crippen LogP contribution >= 0.6 is 11.6 Å². The van der Waals surface area contributed by atoms with Gasteiger partial charge in [-0.15, -0.1) is 5.46 Å². The number of benzene rings is 1. The third kappa shape index (κ3) is 4.58. The van der Waals surface area contributed by atoms with Gasteiger partial charge in [0.15, 0.2) is 0 Å². The van der Waals surface area contributed by atoms with E-state index in [2.05, 4.69) is 0 Å². The van der Waals surface area contributed by atoms with E-state index in [1.54, 1.807) is 0 Å². The van der Waals surface area contributed by atoms with Crippen molar-refractivity contribution in [2.45, 2.75) is 6.18 Å². The van der Waals surface area contributed by atoms with Crippen LogP contribution in [-0.2, 0) is 6.18 Å². The van der Waals surface area contributed by atoms with Crippen molar-refractivity contribution in [2.24, 2.45) is 0 Å². The van der Waals surface area contributed by atoms with Crippen molar-refractivity contribution in [3.63, 3.8) is 0 Å². The third-order valence-electron chi connectivity index (χ3n) is 1.63. The average Bonchev–Trinajstić information content (AvgIpc) is 1.99. The summed E-state index contributed by atoms with van der Waals surface area (Å²) in [6.07, 6.45) is -4.83. The van der Waals surface area contributed by atoms with Gasteiger partial charge in [-0.2, -0.15) is 13.2 Å². The topological polar surface area (TPSA) is 0 Å². The largest absolute Gasteiger partial charge is 1.00 e. The Kier molecular flexibility index (Phi) is 5.90. The molecule has 0 aliphatic heterocycles. The van der Waals surface area contributed by atoms with Crippen LogP contribution in [0.15, 0.2) is 18.2 Å². The summed E-state index contributed by atoms with van der Waals surface area (Å²) in [5.74, 6) is 0. The minimum Gasteiger partial charge on any atom is -0.445 e. The molecule has 0 aliphatic carbocycles. The van der Waals surface area contributed by atoms with Crippen molar-refractivity contribution >= 4 is 24.0 Å². The molecular weight excluding hydrogens is 283 g/mol. The Morgan fingerprint density at radius 1 is 1.00 bits per heavy atom. The molecule has 0 saturated carbocycles. The maximum absolute atomic E-state index is 12.2. The van der Waals surface area contributed by atoms with E-state index >= 15 is 0 Å². The predicted molar refractivity (Wildman–Crippen MR) is 45.2 cm³/mol. The monoisotopic (exact) mass is 286 g/mol. The van der Waals surface area contributed by atoms with Crippen molar-refractivity contribution in [3.8, 4) is 0 Å². The van der Waals surface area contributed by atoms with E-state index in [1.807, 2.05) is 0 Å². The first-order valence-electron chi connectivity index (χ1n) is 3.68. The zero-order valence-electron chi connectivity index (χ0n) is 7.96. The van der Waals surface area contributed by atoms with Gasteiger partial charge in [0.25, 0.3) is 0 Å². The SMILES string of the molecule is F[B-](F)(F)c1cc(Cl)cc(C(F)(F)F)c1.[K+]. The summed E-state index contributed by atoms with van der Waals surface area (Å²) in [5, 5.41) is -0.584. The average molecular weight is 286 g/mol. The van der Waals surface area contributed by atoms with E-state index in [-0.39, 0.29) is 57.5 Å². The number of alkyl halides is 3. The van der Waals surface area contributed by atoms with Gasteiger partial charge in [0.2, 0.25) is 0 Å². The fourth-order valence-electron chi connectivity index (χ4n) is 0.965. The van der Waals surface area contributed by atoms with Crippen LogP contribution in [0.4, 0.5) is 26.1 Å². The maximum atomic E-state index is 12.2. The Morgan fingerprint density at radius 3 is 1.88 bits per heavy atom. The van der Waals surface area contributed by atoms with Crippen LogP contribution in [0.25, 0.3) is 0 Å². The molecule has 0 spiro atoms. The molecule has 0 atom stereocenters. The molecule has 16 heavy (non-hydrogen) atoms. The third-order valence-corrected chi connectivity index (χ3v) is 1.84. The number of rotatable bonds is 1. The van der Waals surface area contributed by atoms with Crippen molar-refractivity contribution in [3.05, 3.63) is 28.8 Å². The summed E-state index contributed by atoms with van der Waals surface area (Å²) < 4.78 is 72.9. The van der Waals surface area contributed by atoms with Crippen molar-refractivity contribution in [2.75, 3.05) is 0 Å². The normalized spacial score (nSPS) is 12.2. The minimum atomic E-state index is -5.48. The smallest absolute Gasteiger partial charge is 0.445 e. The molecule has 1 aromatic rings. The van der Waals surface area contributed by atoms with Gasteiger partial charge in [-0.3, -0.25) is 0 Å². The molecule has 0 unspecified atom stereocenters. The fourth-order valence-corrected chi connectivity index (χ4v) is 1.21. The van der Waals surface area contributed by atoms with Gasteiger partial charge >= 0.3 is 64.5 Å². The minimum absolute atomic E-state index is 0. The summed E-state index contributed by atoms with van der Waals surface area (Å²) in [6, 6.07) is 0.968. The van der Waals surface area contributed by atoms with Crippen LogP contribution in [0.3, 0.4) is 0 Å². The van der Waals surface area contributed by atoms with Gasteiger partial charge in [-0.1, -0.05) is 23.7 Å². The fraction of sp³-hybridized carbons (Fsp3) is 0.143. The molecule has 0 N–H and O–H groups in total. The predicted octanol–water partition coefficient (Wildman–Crippen LogP) is 0.417. The summed E-state index contributed by atoms with van der Waals surface area (Å²) in [7, 11) is 0. The number of halogens is 7. The Labute approximate surface area is 135 Å². The quantitative estimate of drug-likeness (QED) is 0.518. The standard InChI is InChI=1S/C7H3BClF6.K/c9-6-2-4(7(10,11)12)1-5(3-6)8(13,14)15;/h1-3H;/q-1;+1. The first-order valence-corrected chi connectivity index (χ1v) is 4.06. The molecule has 1 rings (SSSR count). The first kappa shape index (κ1) is 16.8. The summed E-state index contributed by atoms with van der Waals surface area (Å²) in [6.45, 7) is -5.48. The van der Waals surface area contributed by atoms with E-state index in [0.717, 1.165) is 0 Å². The number of hydrogen-bond acceptors (Lipinski definition) is 0. The van der Waals surface area contributed by atoms with Crippen LogP contribution in [-0.4, -0.2) is 6.98 Å². The van der Waals surface area contributed by atoms with Gasteiger partial charge in [0, 0.05) is 5.02 Å². The molecule has 0 amide bonds. The molecule has 9 heteroatoms. The van der Waals surface area contributed by atoms with E-state index < -0.39 is 29.2 Å². The van der Waals surface area contributed by atoms with Gasteiger partial charge in [0.1, 0.15) is 0 Å². The first-order chi connectivity index (χ1) is 6.60. The Morgan fingerprint density at radius 2 is 1.50 bits per heavy atom. The van der Waals surface area contributed by atoms with Gasteiger partial charge in [0.05, 0.1) is 5.56 Å². The second-order valence-corrected chi connectivity index (χ2v) is 3.28. The van der Waals surface area contributed by atoms with Gasteiger partial charge < -0.3 is 12.9 Å². The Bertz CT molecular complexity index is 342. The Hall–Kier alpha value is 0.791. The maximum Gasteiger partial charge on any atom is 1.00 e. The van der Waals surface area contributed by atoms with Gasteiger partial charge in [-0.05, 0) is 6.07 Å². The van der Waals surface area contributed by atoms with Crippen LogP contribution in [0, 0.1) is 0 Å². The van der Waals surface area contributed by atoms with E-state index in [9.17, 15) is 26.1 Å². The molecule has 0 nitrogen and oxygen atoms in total.